The van der Waals surface area contributed by atoms with E-state index in [1.165, 1.54) is 35.6 Å². The van der Waals surface area contributed by atoms with Gasteiger partial charge in [0, 0.05) is 17.7 Å². The number of fused-ring (bicyclic) bond motifs is 1. The van der Waals surface area contributed by atoms with E-state index in [2.05, 4.69) is 0 Å². The number of nitro benzene ring substituents is 1. The molecular formula is C23H19N3O4S. The highest BCUT2D eigenvalue weighted by atomic mass is 32.1. The number of anilines is 1. The second kappa shape index (κ2) is 8.53. The minimum atomic E-state index is -0.488. The third-order valence-electron chi connectivity index (χ3n) is 4.90. The van der Waals surface area contributed by atoms with Crippen LogP contribution in [0.15, 0.2) is 66.7 Å². The Labute approximate surface area is 182 Å². The number of benzene rings is 3. The van der Waals surface area contributed by atoms with Crippen LogP contribution in [0.25, 0.3) is 10.2 Å². The molecule has 4 rings (SSSR count). The fraction of sp³-hybridized carbons (Fsp3) is 0.130. The van der Waals surface area contributed by atoms with E-state index < -0.39 is 4.92 Å². The number of ether oxygens (including phenoxy) is 1. The first-order chi connectivity index (χ1) is 15.0. The van der Waals surface area contributed by atoms with Crippen LogP contribution in [-0.4, -0.2) is 22.9 Å². The van der Waals surface area contributed by atoms with Crippen molar-refractivity contribution in [2.75, 3.05) is 12.0 Å². The second-order valence-corrected chi connectivity index (χ2v) is 7.92. The first-order valence-corrected chi connectivity index (χ1v) is 10.3. The Hall–Kier alpha value is -3.78. The van der Waals surface area contributed by atoms with Crippen LogP contribution < -0.4 is 9.64 Å². The number of hydrogen-bond acceptors (Lipinski definition) is 6. The average molecular weight is 433 g/mol. The Morgan fingerprint density at radius 2 is 1.81 bits per heavy atom. The lowest BCUT2D eigenvalue weighted by molar-refractivity contribution is -0.384. The number of carbonyl (C=O) groups excluding carboxylic acids is 1. The topological polar surface area (TPSA) is 85.6 Å². The third-order valence-corrected chi connectivity index (χ3v) is 6.11. The van der Waals surface area contributed by atoms with E-state index in [0.29, 0.717) is 28.5 Å². The summed E-state index contributed by atoms with van der Waals surface area (Å²) in [7, 11) is 1.59. The van der Waals surface area contributed by atoms with Gasteiger partial charge in [0.25, 0.3) is 11.6 Å². The van der Waals surface area contributed by atoms with Crippen LogP contribution in [-0.2, 0) is 6.54 Å². The Kier molecular flexibility index (Phi) is 5.64. The lowest BCUT2D eigenvalue weighted by atomic mass is 10.1. The van der Waals surface area contributed by atoms with Crippen LogP contribution in [0.1, 0.15) is 21.5 Å². The summed E-state index contributed by atoms with van der Waals surface area (Å²) in [5, 5.41) is 11.5. The molecule has 0 aliphatic carbocycles. The summed E-state index contributed by atoms with van der Waals surface area (Å²) < 4.78 is 6.40. The van der Waals surface area contributed by atoms with E-state index in [-0.39, 0.29) is 11.6 Å². The van der Waals surface area contributed by atoms with Gasteiger partial charge in [-0.1, -0.05) is 47.7 Å². The Morgan fingerprint density at radius 1 is 1.10 bits per heavy atom. The lowest BCUT2D eigenvalue weighted by Gasteiger charge is -2.20. The molecular weight excluding hydrogens is 414 g/mol. The number of hydrogen-bond donors (Lipinski definition) is 0. The number of aromatic nitrogens is 1. The van der Waals surface area contributed by atoms with Crippen molar-refractivity contribution >= 4 is 38.3 Å². The van der Waals surface area contributed by atoms with Crippen LogP contribution >= 0.6 is 11.3 Å². The summed E-state index contributed by atoms with van der Waals surface area (Å²) in [4.78, 5) is 30.2. The van der Waals surface area contributed by atoms with Crippen LogP contribution in [0.2, 0.25) is 0 Å². The summed E-state index contributed by atoms with van der Waals surface area (Å²) in [5.74, 6) is 0.361. The minimum absolute atomic E-state index is 0.0634. The second-order valence-electron chi connectivity index (χ2n) is 6.94. The molecule has 0 fully saturated rings. The number of non-ortho nitro benzene ring substituents is 1. The first kappa shape index (κ1) is 20.5. The molecule has 1 aromatic heterocycles. The standard InChI is InChI=1S/C23H19N3O4S/c1-15-8-13-19(30-2)20-21(15)31-23(24-20)25(14-16-6-4-3-5-7-16)22(27)17-9-11-18(12-10-17)26(28)29/h3-13H,14H2,1-2H3. The van der Waals surface area contributed by atoms with Crippen LogP contribution in [0.4, 0.5) is 10.8 Å². The van der Waals surface area contributed by atoms with Crippen molar-refractivity contribution in [3.8, 4) is 5.75 Å². The summed E-state index contributed by atoms with van der Waals surface area (Å²) >= 11 is 1.42. The zero-order valence-electron chi connectivity index (χ0n) is 16.9. The van der Waals surface area contributed by atoms with E-state index in [0.717, 1.165) is 15.8 Å². The molecule has 8 heteroatoms. The van der Waals surface area contributed by atoms with E-state index in [4.69, 9.17) is 9.72 Å². The predicted octanol–water partition coefficient (Wildman–Crippen LogP) is 5.37. The van der Waals surface area contributed by atoms with Crippen molar-refractivity contribution in [3.63, 3.8) is 0 Å². The van der Waals surface area contributed by atoms with Crippen LogP contribution in [0, 0.1) is 17.0 Å². The normalized spacial score (nSPS) is 10.8. The molecule has 3 aromatic carbocycles. The van der Waals surface area contributed by atoms with E-state index in [9.17, 15) is 14.9 Å². The monoisotopic (exact) mass is 433 g/mol. The van der Waals surface area contributed by atoms with Crippen LogP contribution in [0.5, 0.6) is 5.75 Å². The fourth-order valence-electron chi connectivity index (χ4n) is 3.25. The molecule has 0 saturated carbocycles. The summed E-state index contributed by atoms with van der Waals surface area (Å²) in [6.07, 6.45) is 0. The summed E-state index contributed by atoms with van der Waals surface area (Å²) in [6, 6.07) is 19.0. The van der Waals surface area contributed by atoms with Gasteiger partial charge in [0.05, 0.1) is 23.3 Å². The number of aryl methyl sites for hydroxylation is 1. The molecule has 4 aromatic rings. The summed E-state index contributed by atoms with van der Waals surface area (Å²) in [5.41, 5.74) is 2.98. The van der Waals surface area contributed by atoms with Gasteiger partial charge in [0.2, 0.25) is 0 Å². The van der Waals surface area contributed by atoms with Crippen molar-refractivity contribution in [2.45, 2.75) is 13.5 Å². The van der Waals surface area contributed by atoms with Crippen LogP contribution in [0.3, 0.4) is 0 Å². The average Bonchev–Trinajstić information content (AvgIpc) is 3.24. The molecule has 0 atom stereocenters. The highest BCUT2D eigenvalue weighted by Crippen LogP contribution is 2.37. The van der Waals surface area contributed by atoms with Crippen molar-refractivity contribution < 1.29 is 14.5 Å². The molecule has 156 valence electrons. The number of nitro groups is 1. The maximum Gasteiger partial charge on any atom is 0.269 e. The number of carbonyl (C=O) groups is 1. The molecule has 0 spiro atoms. The smallest absolute Gasteiger partial charge is 0.269 e. The van der Waals surface area contributed by atoms with Crippen molar-refractivity contribution in [2.24, 2.45) is 0 Å². The van der Waals surface area contributed by atoms with Gasteiger partial charge in [0.1, 0.15) is 11.3 Å². The fourth-order valence-corrected chi connectivity index (χ4v) is 4.30. The highest BCUT2D eigenvalue weighted by molar-refractivity contribution is 7.22. The first-order valence-electron chi connectivity index (χ1n) is 9.52. The molecule has 1 heterocycles. The molecule has 0 N–H and O–H groups in total. The van der Waals surface area contributed by atoms with Gasteiger partial charge in [-0.25, -0.2) is 4.98 Å². The maximum absolute atomic E-state index is 13.4. The van der Waals surface area contributed by atoms with Gasteiger partial charge in [-0.3, -0.25) is 19.8 Å². The molecule has 0 bridgehead atoms. The van der Waals surface area contributed by atoms with Crippen molar-refractivity contribution in [1.29, 1.82) is 0 Å². The molecule has 0 unspecified atom stereocenters. The lowest BCUT2D eigenvalue weighted by Crippen LogP contribution is -2.30. The summed E-state index contributed by atoms with van der Waals surface area (Å²) in [6.45, 7) is 2.31. The van der Waals surface area contributed by atoms with E-state index >= 15 is 0 Å². The van der Waals surface area contributed by atoms with Gasteiger partial charge < -0.3 is 4.74 Å². The predicted molar refractivity (Wildman–Crippen MR) is 121 cm³/mol. The van der Waals surface area contributed by atoms with Gasteiger partial charge in [-0.05, 0) is 36.2 Å². The number of rotatable bonds is 6. The SMILES string of the molecule is COc1ccc(C)c2sc(N(Cc3ccccc3)C(=O)c3ccc([N+](=O)[O-])cc3)nc12. The van der Waals surface area contributed by atoms with Gasteiger partial charge in [0.15, 0.2) is 5.13 Å². The van der Waals surface area contributed by atoms with Crippen molar-refractivity contribution in [1.82, 2.24) is 4.98 Å². The Bertz CT molecular complexity index is 1250. The minimum Gasteiger partial charge on any atom is -0.494 e. The Balaban J connectivity index is 1.79. The Morgan fingerprint density at radius 3 is 2.45 bits per heavy atom. The number of amides is 1. The number of nitrogens with zero attached hydrogens (tertiary/aromatic N) is 3. The highest BCUT2D eigenvalue weighted by Gasteiger charge is 2.24. The third kappa shape index (κ3) is 4.10. The van der Waals surface area contributed by atoms with Gasteiger partial charge in [-0.2, -0.15) is 0 Å². The molecule has 7 nitrogen and oxygen atoms in total. The molecule has 31 heavy (non-hydrogen) atoms. The van der Waals surface area contributed by atoms with Crippen molar-refractivity contribution in [3.05, 3.63) is 93.5 Å². The van der Waals surface area contributed by atoms with E-state index in [1.807, 2.05) is 49.4 Å². The molecule has 0 radical (unpaired) electrons. The molecule has 0 aliphatic rings. The quantitative estimate of drug-likeness (QED) is 0.301. The van der Waals surface area contributed by atoms with Gasteiger partial charge >= 0.3 is 0 Å². The maximum atomic E-state index is 13.4. The number of thiazole rings is 1. The van der Waals surface area contributed by atoms with Gasteiger partial charge in [-0.15, -0.1) is 0 Å². The number of methoxy groups -OCH3 is 1. The van der Waals surface area contributed by atoms with E-state index in [1.54, 1.807) is 12.0 Å². The zero-order chi connectivity index (χ0) is 22.0. The molecule has 0 saturated heterocycles. The zero-order valence-corrected chi connectivity index (χ0v) is 17.8. The largest absolute Gasteiger partial charge is 0.494 e. The molecule has 1 amide bonds. The molecule has 0 aliphatic heterocycles.